The number of esters is 3. The Morgan fingerprint density at radius 1 is 0.275 bits per heavy atom. The van der Waals surface area contributed by atoms with E-state index in [2.05, 4.69) is 32.9 Å². The minimum Gasteiger partial charge on any atom is -0.462 e. The lowest BCUT2D eigenvalue weighted by Gasteiger charge is -2.18. The summed E-state index contributed by atoms with van der Waals surface area (Å²) in [4.78, 5) is 38.1. The SMILES string of the molecule is CCCCCCCCC/C=C\CCCCCCCCCC(=O)OC(COC(=O)CCCCCCCCCC)COC(=O)CCCCCCCCCCCCCCCCCCCCCCCCCCC. The van der Waals surface area contributed by atoms with Crippen LogP contribution in [0.1, 0.15) is 355 Å². The first kappa shape index (κ1) is 67.1. The van der Waals surface area contributed by atoms with Gasteiger partial charge in [0.15, 0.2) is 6.10 Å². The Bertz CT molecular complexity index is 1070. The summed E-state index contributed by atoms with van der Waals surface area (Å²) in [7, 11) is 0. The fourth-order valence-corrected chi connectivity index (χ4v) is 9.56. The fourth-order valence-electron chi connectivity index (χ4n) is 9.56. The largest absolute Gasteiger partial charge is 0.462 e. The van der Waals surface area contributed by atoms with Gasteiger partial charge in [-0.3, -0.25) is 14.4 Å². The molecule has 1 unspecified atom stereocenters. The first-order chi connectivity index (χ1) is 34.0. The minimum absolute atomic E-state index is 0.0661. The van der Waals surface area contributed by atoms with E-state index in [1.54, 1.807) is 0 Å². The molecule has 0 saturated carbocycles. The molecule has 0 radical (unpaired) electrons. The van der Waals surface area contributed by atoms with E-state index in [0.717, 1.165) is 57.8 Å². The van der Waals surface area contributed by atoms with E-state index in [4.69, 9.17) is 14.2 Å². The van der Waals surface area contributed by atoms with Gasteiger partial charge < -0.3 is 14.2 Å². The van der Waals surface area contributed by atoms with Gasteiger partial charge in [-0.05, 0) is 44.9 Å². The van der Waals surface area contributed by atoms with Gasteiger partial charge in [-0.15, -0.1) is 0 Å². The average Bonchev–Trinajstić information content (AvgIpc) is 3.35. The molecule has 0 spiro atoms. The zero-order valence-corrected chi connectivity index (χ0v) is 46.9. The van der Waals surface area contributed by atoms with E-state index in [0.29, 0.717) is 19.3 Å². The Balaban J connectivity index is 4.10. The van der Waals surface area contributed by atoms with Crippen LogP contribution in [0, 0.1) is 0 Å². The molecule has 0 rings (SSSR count). The van der Waals surface area contributed by atoms with Crippen molar-refractivity contribution in [2.45, 2.75) is 361 Å². The van der Waals surface area contributed by atoms with Crippen molar-refractivity contribution in [1.82, 2.24) is 0 Å². The molecule has 6 heteroatoms. The molecule has 0 aliphatic rings. The van der Waals surface area contributed by atoms with Crippen LogP contribution in [0.25, 0.3) is 0 Å². The predicted molar refractivity (Wildman–Crippen MR) is 298 cm³/mol. The Morgan fingerprint density at radius 3 is 0.725 bits per heavy atom. The molecule has 0 aliphatic heterocycles. The van der Waals surface area contributed by atoms with Crippen molar-refractivity contribution in [2.24, 2.45) is 0 Å². The third-order valence-corrected chi connectivity index (χ3v) is 14.3. The monoisotopic (exact) mass is 973 g/mol. The second kappa shape index (κ2) is 58.7. The lowest BCUT2D eigenvalue weighted by molar-refractivity contribution is -0.167. The number of carbonyl (C=O) groups excluding carboxylic acids is 3. The Kier molecular flexibility index (Phi) is 57.1. The Hall–Kier alpha value is -1.85. The summed E-state index contributed by atoms with van der Waals surface area (Å²) in [5.41, 5.74) is 0. The summed E-state index contributed by atoms with van der Waals surface area (Å²) in [6, 6.07) is 0. The summed E-state index contributed by atoms with van der Waals surface area (Å²) < 4.78 is 16.9. The van der Waals surface area contributed by atoms with Gasteiger partial charge in [-0.1, -0.05) is 303 Å². The molecule has 408 valence electrons. The molecule has 69 heavy (non-hydrogen) atoms. The van der Waals surface area contributed by atoms with Gasteiger partial charge in [0.25, 0.3) is 0 Å². The standard InChI is InChI=1S/C63H120O6/c1-4-7-10-13-16-19-21-23-25-27-29-30-31-32-33-34-35-37-38-40-42-44-47-50-53-56-62(65)68-59-60(58-67-61(64)55-52-49-46-18-15-12-9-6-3)69-63(66)57-54-51-48-45-43-41-39-36-28-26-24-22-20-17-14-11-8-5-2/h26,28,60H,4-25,27,29-59H2,1-3H3/b28-26-. The van der Waals surface area contributed by atoms with Crippen molar-refractivity contribution >= 4 is 17.9 Å². The summed E-state index contributed by atoms with van der Waals surface area (Å²) in [6.45, 7) is 6.67. The van der Waals surface area contributed by atoms with Crippen molar-refractivity contribution in [2.75, 3.05) is 13.2 Å². The predicted octanol–water partition coefficient (Wildman–Crippen LogP) is 20.9. The molecule has 0 bridgehead atoms. The number of carbonyl (C=O) groups is 3. The molecule has 6 nitrogen and oxygen atoms in total. The third kappa shape index (κ3) is 56.9. The molecule has 1 atom stereocenters. The molecule has 0 aromatic carbocycles. The van der Waals surface area contributed by atoms with Crippen LogP contribution >= 0.6 is 0 Å². The quantitative estimate of drug-likeness (QED) is 0.0261. The maximum Gasteiger partial charge on any atom is 0.306 e. The molecular weight excluding hydrogens is 853 g/mol. The van der Waals surface area contributed by atoms with Crippen LogP contribution in [-0.2, 0) is 28.6 Å². The first-order valence-electron chi connectivity index (χ1n) is 31.2. The van der Waals surface area contributed by atoms with E-state index < -0.39 is 6.10 Å². The Morgan fingerprint density at radius 2 is 0.478 bits per heavy atom. The number of ether oxygens (including phenoxy) is 3. The number of hydrogen-bond donors (Lipinski definition) is 0. The Labute approximate surface area is 431 Å². The summed E-state index contributed by atoms with van der Waals surface area (Å²) >= 11 is 0. The summed E-state index contributed by atoms with van der Waals surface area (Å²) in [5, 5.41) is 0. The van der Waals surface area contributed by atoms with Gasteiger partial charge in [-0.25, -0.2) is 0 Å². The van der Waals surface area contributed by atoms with Crippen LogP contribution in [0.4, 0.5) is 0 Å². The van der Waals surface area contributed by atoms with Crippen LogP contribution in [0.15, 0.2) is 12.2 Å². The van der Waals surface area contributed by atoms with Crippen molar-refractivity contribution in [3.05, 3.63) is 12.2 Å². The molecule has 0 heterocycles. The summed E-state index contributed by atoms with van der Waals surface area (Å²) in [5.74, 6) is -0.850. The summed E-state index contributed by atoms with van der Waals surface area (Å²) in [6.07, 6.45) is 68.1. The van der Waals surface area contributed by atoms with Crippen LogP contribution in [-0.4, -0.2) is 37.2 Å². The first-order valence-corrected chi connectivity index (χ1v) is 31.2. The highest BCUT2D eigenvalue weighted by molar-refractivity contribution is 5.71. The van der Waals surface area contributed by atoms with Crippen LogP contribution < -0.4 is 0 Å². The maximum absolute atomic E-state index is 12.8. The number of unbranched alkanes of at least 4 members (excludes halogenated alkanes) is 45. The normalized spacial score (nSPS) is 12.0. The molecule has 0 aliphatic carbocycles. The highest BCUT2D eigenvalue weighted by Gasteiger charge is 2.19. The smallest absolute Gasteiger partial charge is 0.306 e. The van der Waals surface area contributed by atoms with E-state index in [1.165, 1.54) is 257 Å². The molecular formula is C63H120O6. The number of allylic oxidation sites excluding steroid dienone is 2. The molecule has 0 fully saturated rings. The van der Waals surface area contributed by atoms with Crippen molar-refractivity contribution in [3.8, 4) is 0 Å². The number of hydrogen-bond acceptors (Lipinski definition) is 6. The van der Waals surface area contributed by atoms with Crippen LogP contribution in [0.3, 0.4) is 0 Å². The van der Waals surface area contributed by atoms with Crippen molar-refractivity contribution in [1.29, 1.82) is 0 Å². The van der Waals surface area contributed by atoms with Crippen molar-refractivity contribution < 1.29 is 28.6 Å². The van der Waals surface area contributed by atoms with Gasteiger partial charge in [0.1, 0.15) is 13.2 Å². The zero-order chi connectivity index (χ0) is 50.0. The van der Waals surface area contributed by atoms with E-state index in [9.17, 15) is 14.4 Å². The second-order valence-electron chi connectivity index (χ2n) is 21.3. The molecule has 0 amide bonds. The van der Waals surface area contributed by atoms with Crippen molar-refractivity contribution in [3.63, 3.8) is 0 Å². The van der Waals surface area contributed by atoms with Gasteiger partial charge in [0, 0.05) is 19.3 Å². The van der Waals surface area contributed by atoms with E-state index in [-0.39, 0.29) is 31.1 Å². The van der Waals surface area contributed by atoms with Gasteiger partial charge >= 0.3 is 17.9 Å². The topological polar surface area (TPSA) is 78.9 Å². The van der Waals surface area contributed by atoms with Crippen LogP contribution in [0.5, 0.6) is 0 Å². The molecule has 0 N–H and O–H groups in total. The highest BCUT2D eigenvalue weighted by atomic mass is 16.6. The maximum atomic E-state index is 12.8. The fraction of sp³-hybridized carbons (Fsp3) is 0.921. The highest BCUT2D eigenvalue weighted by Crippen LogP contribution is 2.18. The third-order valence-electron chi connectivity index (χ3n) is 14.3. The minimum atomic E-state index is -0.766. The molecule has 0 aromatic heterocycles. The zero-order valence-electron chi connectivity index (χ0n) is 46.9. The molecule has 0 aromatic rings. The lowest BCUT2D eigenvalue weighted by atomic mass is 10.0. The van der Waals surface area contributed by atoms with Gasteiger partial charge in [0.2, 0.25) is 0 Å². The van der Waals surface area contributed by atoms with Crippen LogP contribution in [0.2, 0.25) is 0 Å². The van der Waals surface area contributed by atoms with E-state index >= 15 is 0 Å². The molecule has 0 saturated heterocycles. The number of rotatable bonds is 58. The van der Waals surface area contributed by atoms with Gasteiger partial charge in [-0.2, -0.15) is 0 Å². The average molecular weight is 974 g/mol. The second-order valence-corrected chi connectivity index (χ2v) is 21.3. The van der Waals surface area contributed by atoms with E-state index in [1.807, 2.05) is 0 Å². The van der Waals surface area contributed by atoms with Gasteiger partial charge in [0.05, 0.1) is 0 Å². The lowest BCUT2D eigenvalue weighted by Crippen LogP contribution is -2.30.